The Labute approximate surface area is 94.4 Å². The number of esters is 1. The maximum Gasteiger partial charge on any atom is 0.313 e. The van der Waals surface area contributed by atoms with E-state index in [0.29, 0.717) is 4.47 Å². The van der Waals surface area contributed by atoms with Gasteiger partial charge in [-0.1, -0.05) is 0 Å². The van der Waals surface area contributed by atoms with E-state index >= 15 is 0 Å². The Kier molecular flexibility index (Phi) is 3.96. The maximum atomic E-state index is 12.7. The van der Waals surface area contributed by atoms with E-state index in [2.05, 4.69) is 20.7 Å². The average molecular weight is 275 g/mol. The lowest BCUT2D eigenvalue weighted by atomic mass is 10.1. The number of ketones is 1. The van der Waals surface area contributed by atoms with Crippen molar-refractivity contribution in [2.24, 2.45) is 0 Å². The van der Waals surface area contributed by atoms with E-state index in [1.807, 2.05) is 0 Å². The van der Waals surface area contributed by atoms with Crippen LogP contribution in [0.15, 0.2) is 22.7 Å². The molecule has 0 fully saturated rings. The van der Waals surface area contributed by atoms with E-state index in [0.717, 1.165) is 6.07 Å². The zero-order valence-corrected chi connectivity index (χ0v) is 9.51. The molecule has 80 valence electrons. The topological polar surface area (TPSA) is 43.4 Å². The number of carbonyl (C=O) groups is 2. The lowest BCUT2D eigenvalue weighted by molar-refractivity contribution is -0.139. The van der Waals surface area contributed by atoms with Crippen LogP contribution in [-0.2, 0) is 9.53 Å². The second kappa shape index (κ2) is 5.02. The molecule has 0 aromatic heterocycles. The predicted octanol–water partition coefficient (Wildman–Crippen LogP) is 2.33. The van der Waals surface area contributed by atoms with Crippen LogP contribution < -0.4 is 0 Å². The first kappa shape index (κ1) is 11.8. The Morgan fingerprint density at radius 2 is 2.13 bits per heavy atom. The van der Waals surface area contributed by atoms with Crippen molar-refractivity contribution in [1.29, 1.82) is 0 Å². The molecule has 0 radical (unpaired) electrons. The van der Waals surface area contributed by atoms with Gasteiger partial charge >= 0.3 is 5.97 Å². The van der Waals surface area contributed by atoms with Gasteiger partial charge in [0.05, 0.1) is 7.11 Å². The first-order chi connectivity index (χ1) is 7.04. The minimum atomic E-state index is -0.615. The van der Waals surface area contributed by atoms with E-state index in [-0.39, 0.29) is 12.0 Å². The van der Waals surface area contributed by atoms with Gasteiger partial charge < -0.3 is 4.74 Å². The van der Waals surface area contributed by atoms with Gasteiger partial charge in [0.25, 0.3) is 0 Å². The number of Topliss-reactive ketones (excluding diaryl/α,β-unsaturated/α-hetero) is 1. The summed E-state index contributed by atoms with van der Waals surface area (Å²) in [6.07, 6.45) is -0.346. The van der Waals surface area contributed by atoms with E-state index in [9.17, 15) is 14.0 Å². The highest BCUT2D eigenvalue weighted by Crippen LogP contribution is 2.19. The molecule has 0 spiro atoms. The van der Waals surface area contributed by atoms with Crippen LogP contribution in [0.3, 0.4) is 0 Å². The molecule has 0 aliphatic heterocycles. The molecule has 0 atom stereocenters. The van der Waals surface area contributed by atoms with Crippen LogP contribution in [0.4, 0.5) is 4.39 Å². The highest BCUT2D eigenvalue weighted by Gasteiger charge is 2.14. The fraction of sp³-hybridized carbons (Fsp3) is 0.200. The monoisotopic (exact) mass is 274 g/mol. The Balaban J connectivity index is 2.87. The minimum Gasteiger partial charge on any atom is -0.469 e. The van der Waals surface area contributed by atoms with E-state index in [1.54, 1.807) is 0 Å². The van der Waals surface area contributed by atoms with Gasteiger partial charge in [-0.25, -0.2) is 4.39 Å². The van der Waals surface area contributed by atoms with Gasteiger partial charge in [-0.05, 0) is 34.1 Å². The number of rotatable bonds is 3. The summed E-state index contributed by atoms with van der Waals surface area (Å²) in [6, 6.07) is 3.66. The van der Waals surface area contributed by atoms with Crippen LogP contribution in [0.1, 0.15) is 16.8 Å². The molecule has 1 rings (SSSR count). The Morgan fingerprint density at radius 3 is 2.67 bits per heavy atom. The average Bonchev–Trinajstić information content (AvgIpc) is 2.17. The summed E-state index contributed by atoms with van der Waals surface area (Å²) in [5, 5.41) is 0. The van der Waals surface area contributed by atoms with Crippen molar-refractivity contribution in [2.75, 3.05) is 7.11 Å². The molecule has 0 unspecified atom stereocenters. The summed E-state index contributed by atoms with van der Waals surface area (Å²) in [4.78, 5) is 22.3. The SMILES string of the molecule is COC(=O)CC(=O)c1ccc(F)cc1Br. The number of ether oxygens (including phenoxy) is 1. The molecule has 0 N–H and O–H groups in total. The van der Waals surface area contributed by atoms with E-state index < -0.39 is 17.6 Å². The zero-order valence-electron chi connectivity index (χ0n) is 7.92. The summed E-state index contributed by atoms with van der Waals surface area (Å²) in [5.74, 6) is -1.47. The maximum absolute atomic E-state index is 12.7. The Bertz CT molecular complexity index is 404. The molecule has 5 heteroatoms. The Hall–Kier alpha value is -1.23. The number of hydrogen-bond donors (Lipinski definition) is 0. The van der Waals surface area contributed by atoms with Crippen LogP contribution in [0.25, 0.3) is 0 Å². The van der Waals surface area contributed by atoms with Gasteiger partial charge in [0.2, 0.25) is 0 Å². The molecule has 1 aromatic rings. The quantitative estimate of drug-likeness (QED) is 0.483. The van der Waals surface area contributed by atoms with Crippen molar-refractivity contribution in [3.05, 3.63) is 34.1 Å². The first-order valence-electron chi connectivity index (χ1n) is 4.09. The van der Waals surface area contributed by atoms with Crippen LogP contribution >= 0.6 is 15.9 Å². The third-order valence-corrected chi connectivity index (χ3v) is 2.42. The smallest absolute Gasteiger partial charge is 0.313 e. The lowest BCUT2D eigenvalue weighted by Gasteiger charge is -2.02. The zero-order chi connectivity index (χ0) is 11.4. The molecule has 0 bridgehead atoms. The van der Waals surface area contributed by atoms with Gasteiger partial charge in [0, 0.05) is 10.0 Å². The predicted molar refractivity (Wildman–Crippen MR) is 55.1 cm³/mol. The third-order valence-electron chi connectivity index (χ3n) is 1.76. The lowest BCUT2D eigenvalue weighted by Crippen LogP contribution is -2.10. The fourth-order valence-corrected chi connectivity index (χ4v) is 1.59. The molecule has 15 heavy (non-hydrogen) atoms. The normalized spacial score (nSPS) is 9.80. The highest BCUT2D eigenvalue weighted by atomic mass is 79.9. The van der Waals surface area contributed by atoms with Crippen molar-refractivity contribution in [1.82, 2.24) is 0 Å². The van der Waals surface area contributed by atoms with E-state index in [4.69, 9.17) is 0 Å². The molecule has 0 saturated heterocycles. The summed E-state index contributed by atoms with van der Waals surface area (Å²) in [7, 11) is 1.20. The van der Waals surface area contributed by atoms with Crippen LogP contribution in [0.5, 0.6) is 0 Å². The third kappa shape index (κ3) is 3.13. The van der Waals surface area contributed by atoms with Gasteiger partial charge in [-0.15, -0.1) is 0 Å². The van der Waals surface area contributed by atoms with Gasteiger partial charge in [0.15, 0.2) is 5.78 Å². The number of benzene rings is 1. The van der Waals surface area contributed by atoms with Crippen molar-refractivity contribution < 1.29 is 18.7 Å². The largest absolute Gasteiger partial charge is 0.469 e. The molecule has 0 heterocycles. The summed E-state index contributed by atoms with van der Waals surface area (Å²) < 4.78 is 17.4. The molecule has 3 nitrogen and oxygen atoms in total. The standard InChI is InChI=1S/C10H8BrFO3/c1-15-10(14)5-9(13)7-3-2-6(12)4-8(7)11/h2-4H,5H2,1H3. The highest BCUT2D eigenvalue weighted by molar-refractivity contribution is 9.10. The second-order valence-electron chi connectivity index (χ2n) is 2.80. The summed E-state index contributed by atoms with van der Waals surface area (Å²) >= 11 is 3.05. The molecule has 1 aromatic carbocycles. The molecular weight excluding hydrogens is 267 g/mol. The van der Waals surface area contributed by atoms with Gasteiger partial charge in [-0.2, -0.15) is 0 Å². The van der Waals surface area contributed by atoms with Crippen molar-refractivity contribution in [2.45, 2.75) is 6.42 Å². The van der Waals surface area contributed by atoms with Crippen LogP contribution in [0, 0.1) is 5.82 Å². The minimum absolute atomic E-state index is 0.266. The molecule has 0 saturated carbocycles. The van der Waals surface area contributed by atoms with E-state index in [1.165, 1.54) is 19.2 Å². The van der Waals surface area contributed by atoms with Crippen molar-refractivity contribution in [3.8, 4) is 0 Å². The molecule has 0 aliphatic carbocycles. The molecule has 0 amide bonds. The molecule has 0 aliphatic rings. The van der Waals surface area contributed by atoms with Gasteiger partial charge in [0.1, 0.15) is 12.2 Å². The number of halogens is 2. The summed E-state index contributed by atoms with van der Waals surface area (Å²) in [6.45, 7) is 0. The number of hydrogen-bond acceptors (Lipinski definition) is 3. The van der Waals surface area contributed by atoms with Crippen LogP contribution in [-0.4, -0.2) is 18.9 Å². The van der Waals surface area contributed by atoms with Crippen molar-refractivity contribution >= 4 is 27.7 Å². The second-order valence-corrected chi connectivity index (χ2v) is 3.65. The number of carbonyl (C=O) groups excluding carboxylic acids is 2. The Morgan fingerprint density at radius 1 is 1.47 bits per heavy atom. The first-order valence-corrected chi connectivity index (χ1v) is 4.89. The van der Waals surface area contributed by atoms with Gasteiger partial charge in [-0.3, -0.25) is 9.59 Å². The van der Waals surface area contributed by atoms with Crippen molar-refractivity contribution in [3.63, 3.8) is 0 Å². The summed E-state index contributed by atoms with van der Waals surface area (Å²) in [5.41, 5.74) is 0.266. The molecular formula is C10H8BrFO3. The fourth-order valence-electron chi connectivity index (χ4n) is 1.01. The van der Waals surface area contributed by atoms with Crippen LogP contribution in [0.2, 0.25) is 0 Å². The number of methoxy groups -OCH3 is 1.